The molecule has 200 valence electrons. The van der Waals surface area contributed by atoms with Crippen LogP contribution in [0.25, 0.3) is 0 Å². The summed E-state index contributed by atoms with van der Waals surface area (Å²) in [6.07, 6.45) is 0.862. The Morgan fingerprint density at radius 3 is 2.69 bits per heavy atom. The molecule has 2 aromatic heterocycles. The van der Waals surface area contributed by atoms with Crippen molar-refractivity contribution in [3.63, 3.8) is 0 Å². The number of ketones is 1. The first-order chi connectivity index (χ1) is 18.6. The molecule has 1 aliphatic carbocycles. The standard InChI is InChI=1S/C27H25FN6O3S2/c1-14-4-9-20(37-14)22-17(12-29)24(30)34(18-10-27(2,3)11-19(35)23(18)22)25-32-33-26(39-25)38-13-21(36)31-16-7-5-15(28)6-8-16/h4-9,22H,10-11,13,30H2,1-3H3,(H,31,36). The molecule has 1 aromatic carbocycles. The van der Waals surface area contributed by atoms with Crippen molar-refractivity contribution >= 4 is 45.6 Å². The molecular formula is C27H25FN6O3S2. The summed E-state index contributed by atoms with van der Waals surface area (Å²) >= 11 is 2.39. The first-order valence-electron chi connectivity index (χ1n) is 12.1. The molecule has 3 aromatic rings. The number of Topliss-reactive ketones (excluding diaryl/α,β-unsaturated/α-hetero) is 1. The Balaban J connectivity index is 1.45. The number of thioether (sulfide) groups is 1. The summed E-state index contributed by atoms with van der Waals surface area (Å²) in [7, 11) is 0. The van der Waals surface area contributed by atoms with E-state index in [4.69, 9.17) is 10.2 Å². The van der Waals surface area contributed by atoms with Crippen LogP contribution in [0.15, 0.2) is 67.8 Å². The molecule has 0 saturated heterocycles. The van der Waals surface area contributed by atoms with Crippen LogP contribution < -0.4 is 16.0 Å². The molecule has 0 spiro atoms. The zero-order valence-corrected chi connectivity index (χ0v) is 23.1. The van der Waals surface area contributed by atoms with Crippen LogP contribution in [0, 0.1) is 29.5 Å². The Morgan fingerprint density at radius 1 is 1.28 bits per heavy atom. The van der Waals surface area contributed by atoms with E-state index in [2.05, 4.69) is 21.6 Å². The van der Waals surface area contributed by atoms with Crippen molar-refractivity contribution in [2.75, 3.05) is 16.0 Å². The summed E-state index contributed by atoms with van der Waals surface area (Å²) in [6, 6.07) is 11.3. The molecular weight excluding hydrogens is 539 g/mol. The number of anilines is 2. The minimum absolute atomic E-state index is 0.0557. The third kappa shape index (κ3) is 5.32. The fourth-order valence-corrected chi connectivity index (χ4v) is 6.51. The van der Waals surface area contributed by atoms with E-state index in [9.17, 15) is 19.2 Å². The minimum atomic E-state index is -0.699. The van der Waals surface area contributed by atoms with Gasteiger partial charge in [0.15, 0.2) is 10.1 Å². The Morgan fingerprint density at radius 2 is 2.03 bits per heavy atom. The van der Waals surface area contributed by atoms with Crippen LogP contribution in [0.3, 0.4) is 0 Å². The highest BCUT2D eigenvalue weighted by molar-refractivity contribution is 8.01. The lowest BCUT2D eigenvalue weighted by molar-refractivity contribution is -0.118. The SMILES string of the molecule is Cc1ccc(C2C(C#N)=C(N)N(c3nnc(SCC(=O)Nc4ccc(F)cc4)s3)C3=C2C(=O)CC(C)(C)C3)o1. The quantitative estimate of drug-likeness (QED) is 0.384. The molecule has 1 amide bonds. The average Bonchev–Trinajstić information content (AvgIpc) is 3.51. The van der Waals surface area contributed by atoms with E-state index in [1.54, 1.807) is 24.0 Å². The molecule has 39 heavy (non-hydrogen) atoms. The maximum absolute atomic E-state index is 13.5. The number of furan rings is 1. The normalized spacial score (nSPS) is 18.7. The molecule has 0 bridgehead atoms. The Kier molecular flexibility index (Phi) is 7.05. The zero-order chi connectivity index (χ0) is 27.9. The van der Waals surface area contributed by atoms with Gasteiger partial charge >= 0.3 is 0 Å². The number of rotatable bonds is 6. The number of benzene rings is 1. The highest BCUT2D eigenvalue weighted by Crippen LogP contribution is 2.50. The molecule has 3 N–H and O–H groups in total. The summed E-state index contributed by atoms with van der Waals surface area (Å²) < 4.78 is 19.5. The first kappa shape index (κ1) is 26.6. The lowest BCUT2D eigenvalue weighted by Crippen LogP contribution is -2.42. The summed E-state index contributed by atoms with van der Waals surface area (Å²) in [6.45, 7) is 5.83. The number of allylic oxidation sites excluding steroid dienone is 3. The summed E-state index contributed by atoms with van der Waals surface area (Å²) in [4.78, 5) is 27.6. The van der Waals surface area contributed by atoms with Crippen LogP contribution in [-0.4, -0.2) is 27.6 Å². The predicted molar refractivity (Wildman–Crippen MR) is 146 cm³/mol. The molecule has 0 saturated carbocycles. The number of aromatic nitrogens is 2. The number of hydrogen-bond acceptors (Lipinski definition) is 10. The van der Waals surface area contributed by atoms with Crippen molar-refractivity contribution in [1.29, 1.82) is 5.26 Å². The van der Waals surface area contributed by atoms with Crippen molar-refractivity contribution in [2.24, 2.45) is 11.1 Å². The third-order valence-corrected chi connectivity index (χ3v) is 8.51. The van der Waals surface area contributed by atoms with Crippen molar-refractivity contribution < 1.29 is 18.4 Å². The van der Waals surface area contributed by atoms with E-state index < -0.39 is 5.92 Å². The van der Waals surface area contributed by atoms with E-state index in [0.717, 1.165) is 0 Å². The number of nitrogens with one attached hydrogen (secondary N) is 1. The molecule has 9 nitrogen and oxygen atoms in total. The van der Waals surface area contributed by atoms with Crippen LogP contribution in [0.1, 0.15) is 44.1 Å². The summed E-state index contributed by atoms with van der Waals surface area (Å²) in [5.74, 6) is -0.0496. The topological polar surface area (TPSA) is 138 Å². The Hall–Kier alpha value is -3.95. The highest BCUT2D eigenvalue weighted by Gasteiger charge is 2.46. The van der Waals surface area contributed by atoms with Gasteiger partial charge in [0.05, 0.1) is 23.3 Å². The van der Waals surface area contributed by atoms with E-state index in [1.807, 2.05) is 13.8 Å². The van der Waals surface area contributed by atoms with Crippen molar-refractivity contribution in [1.82, 2.24) is 10.2 Å². The second kappa shape index (κ2) is 10.3. The van der Waals surface area contributed by atoms with Gasteiger partial charge < -0.3 is 15.5 Å². The molecule has 2 aliphatic rings. The maximum Gasteiger partial charge on any atom is 0.234 e. The number of hydrogen-bond donors (Lipinski definition) is 2. The van der Waals surface area contributed by atoms with Crippen molar-refractivity contribution in [3.8, 4) is 6.07 Å². The van der Waals surface area contributed by atoms with Gasteiger partial charge in [-0.15, -0.1) is 10.2 Å². The second-order valence-corrected chi connectivity index (χ2v) is 12.3. The number of amides is 1. The lowest BCUT2D eigenvalue weighted by atomic mass is 9.69. The van der Waals surface area contributed by atoms with E-state index in [1.165, 1.54) is 47.4 Å². The van der Waals surface area contributed by atoms with Crippen molar-refractivity contribution in [2.45, 2.75) is 43.9 Å². The monoisotopic (exact) mass is 564 g/mol. The second-order valence-electron chi connectivity index (χ2n) is 10.1. The molecule has 3 heterocycles. The molecule has 0 radical (unpaired) electrons. The Labute approximate surface area is 232 Å². The molecule has 1 aliphatic heterocycles. The van der Waals surface area contributed by atoms with Crippen LogP contribution in [0.4, 0.5) is 15.2 Å². The number of nitrogens with zero attached hydrogens (tertiary/aromatic N) is 4. The van der Waals surface area contributed by atoms with Gasteiger partial charge in [0, 0.05) is 23.4 Å². The van der Waals surface area contributed by atoms with Gasteiger partial charge in [0.2, 0.25) is 11.0 Å². The molecule has 0 fully saturated rings. The van der Waals surface area contributed by atoms with Gasteiger partial charge in [0.25, 0.3) is 0 Å². The fraction of sp³-hybridized carbons (Fsp3) is 0.296. The zero-order valence-electron chi connectivity index (χ0n) is 21.4. The van der Waals surface area contributed by atoms with Crippen LogP contribution in [-0.2, 0) is 9.59 Å². The molecule has 5 rings (SSSR count). The molecule has 1 unspecified atom stereocenters. The largest absolute Gasteiger partial charge is 0.465 e. The van der Waals surface area contributed by atoms with E-state index in [0.29, 0.717) is 50.8 Å². The fourth-order valence-electron chi connectivity index (χ4n) is 4.83. The highest BCUT2D eigenvalue weighted by atomic mass is 32.2. The van der Waals surface area contributed by atoms with Gasteiger partial charge in [-0.2, -0.15) is 5.26 Å². The van der Waals surface area contributed by atoms with E-state index >= 15 is 0 Å². The number of nitriles is 1. The number of halogens is 1. The average molecular weight is 565 g/mol. The Bertz CT molecular complexity index is 1560. The molecule has 12 heteroatoms. The van der Waals surface area contributed by atoms with Crippen LogP contribution in [0.5, 0.6) is 0 Å². The van der Waals surface area contributed by atoms with E-state index in [-0.39, 0.29) is 40.1 Å². The summed E-state index contributed by atoms with van der Waals surface area (Å²) in [5, 5.41) is 21.8. The number of carbonyl (C=O) groups excluding carboxylic acids is 2. The first-order valence-corrected chi connectivity index (χ1v) is 13.9. The van der Waals surface area contributed by atoms with Crippen LogP contribution in [0.2, 0.25) is 0 Å². The number of carbonyl (C=O) groups is 2. The summed E-state index contributed by atoms with van der Waals surface area (Å²) in [5.41, 5.74) is 8.13. The van der Waals surface area contributed by atoms with Gasteiger partial charge in [0.1, 0.15) is 23.2 Å². The van der Waals surface area contributed by atoms with Crippen LogP contribution >= 0.6 is 23.1 Å². The van der Waals surface area contributed by atoms with Gasteiger partial charge in [-0.05, 0) is 55.2 Å². The lowest BCUT2D eigenvalue weighted by Gasteiger charge is -2.42. The van der Waals surface area contributed by atoms with Crippen molar-refractivity contribution in [3.05, 3.63) is 76.4 Å². The maximum atomic E-state index is 13.5. The van der Waals surface area contributed by atoms with Gasteiger partial charge in [-0.3, -0.25) is 14.5 Å². The van der Waals surface area contributed by atoms with Gasteiger partial charge in [-0.25, -0.2) is 4.39 Å². The molecule has 1 atom stereocenters. The number of aryl methyl sites for hydroxylation is 1. The number of nitrogens with two attached hydrogens (primary N) is 1. The third-order valence-electron chi connectivity index (χ3n) is 6.47. The smallest absolute Gasteiger partial charge is 0.234 e. The van der Waals surface area contributed by atoms with Gasteiger partial charge in [-0.1, -0.05) is 36.9 Å². The predicted octanol–water partition coefficient (Wildman–Crippen LogP) is 5.25. The minimum Gasteiger partial charge on any atom is -0.465 e.